The van der Waals surface area contributed by atoms with Crippen molar-refractivity contribution in [2.75, 3.05) is 19.7 Å². The highest BCUT2D eigenvalue weighted by Crippen LogP contribution is 2.72. The number of thioether (sulfide) groups is 1. The van der Waals surface area contributed by atoms with Gasteiger partial charge in [-0.2, -0.15) is 0 Å². The van der Waals surface area contributed by atoms with Crippen LogP contribution in [0.15, 0.2) is 55.6 Å². The van der Waals surface area contributed by atoms with Crippen LogP contribution in [-0.2, 0) is 20.9 Å². The van der Waals surface area contributed by atoms with Crippen LogP contribution in [0.4, 0.5) is 0 Å². The van der Waals surface area contributed by atoms with E-state index in [0.717, 1.165) is 37.7 Å². The standard InChI is InChI=1S/C35H49N3O4S/c1-6-20-36(22-25-14-10-8-11-15-25)31(40)28-29-32(41)38(27(23-39)24(3)4)30(35(29)19-18-34(28,5)43-35)33(42)37(21-7-2)26-16-12-9-13-17-26/h6-8,10-11,14-15,24,26-30,39H,1-2,9,12-13,16-23H2,3-5H3/t27-,28-,29-,30?,34+,35?/m0/s1. The highest BCUT2D eigenvalue weighted by molar-refractivity contribution is 8.02. The van der Waals surface area contributed by atoms with Crippen molar-refractivity contribution in [3.05, 3.63) is 61.2 Å². The number of hydrogen-bond donors (Lipinski definition) is 1. The minimum absolute atomic E-state index is 0.0427. The van der Waals surface area contributed by atoms with Crippen LogP contribution in [0.3, 0.4) is 0 Å². The summed E-state index contributed by atoms with van der Waals surface area (Å²) in [5.41, 5.74) is 1.02. The normalized spacial score (nSPS) is 30.8. The van der Waals surface area contributed by atoms with Gasteiger partial charge in [-0.15, -0.1) is 24.9 Å². The van der Waals surface area contributed by atoms with Crippen molar-refractivity contribution in [3.63, 3.8) is 0 Å². The second-order valence-corrected chi connectivity index (χ2v) is 15.4. The van der Waals surface area contributed by atoms with Crippen LogP contribution in [0.1, 0.15) is 71.3 Å². The van der Waals surface area contributed by atoms with Crippen LogP contribution in [0, 0.1) is 17.8 Å². The fraction of sp³-hybridized carbons (Fsp3) is 0.629. The Morgan fingerprint density at radius 2 is 1.74 bits per heavy atom. The van der Waals surface area contributed by atoms with E-state index >= 15 is 0 Å². The van der Waals surface area contributed by atoms with Gasteiger partial charge in [-0.1, -0.05) is 75.6 Å². The molecular formula is C35H49N3O4S. The van der Waals surface area contributed by atoms with Crippen LogP contribution in [0.5, 0.6) is 0 Å². The number of hydrogen-bond acceptors (Lipinski definition) is 5. The van der Waals surface area contributed by atoms with Gasteiger partial charge < -0.3 is 19.8 Å². The molecular weight excluding hydrogens is 558 g/mol. The Balaban J connectivity index is 1.57. The van der Waals surface area contributed by atoms with Crippen LogP contribution < -0.4 is 0 Å². The molecule has 6 atom stereocenters. The minimum Gasteiger partial charge on any atom is -0.394 e. The second kappa shape index (κ2) is 12.8. The molecule has 43 heavy (non-hydrogen) atoms. The molecule has 3 aliphatic heterocycles. The van der Waals surface area contributed by atoms with Gasteiger partial charge in [-0.3, -0.25) is 14.4 Å². The number of carbonyl (C=O) groups excluding carboxylic acids is 3. The first-order valence-corrected chi connectivity index (χ1v) is 16.9. The molecule has 5 rings (SSSR count). The molecule has 3 saturated heterocycles. The maximum atomic E-state index is 14.9. The third-order valence-electron chi connectivity index (χ3n) is 10.5. The molecule has 8 heteroatoms. The summed E-state index contributed by atoms with van der Waals surface area (Å²) in [5.74, 6) is -1.47. The van der Waals surface area contributed by atoms with Gasteiger partial charge in [-0.25, -0.2) is 0 Å². The molecule has 0 aromatic heterocycles. The van der Waals surface area contributed by atoms with Crippen LogP contribution >= 0.6 is 11.8 Å². The summed E-state index contributed by atoms with van der Waals surface area (Å²) in [6, 6.07) is 8.79. The molecule has 1 aliphatic carbocycles. The number of rotatable bonds is 12. The average Bonchev–Trinajstić information content (AvgIpc) is 3.57. The average molecular weight is 608 g/mol. The zero-order valence-electron chi connectivity index (χ0n) is 26.1. The fourth-order valence-corrected chi connectivity index (χ4v) is 10.8. The van der Waals surface area contributed by atoms with E-state index in [0.29, 0.717) is 26.1 Å². The lowest BCUT2D eigenvalue weighted by molar-refractivity contribution is -0.149. The van der Waals surface area contributed by atoms with Crippen molar-refractivity contribution in [2.45, 2.75) is 99.9 Å². The van der Waals surface area contributed by atoms with Crippen molar-refractivity contribution < 1.29 is 19.5 Å². The number of amides is 3. The molecule has 4 fully saturated rings. The van der Waals surface area contributed by atoms with Gasteiger partial charge in [0.1, 0.15) is 6.04 Å². The summed E-state index contributed by atoms with van der Waals surface area (Å²) in [5, 5.41) is 10.6. The lowest BCUT2D eigenvalue weighted by Crippen LogP contribution is -2.60. The molecule has 3 heterocycles. The molecule has 1 saturated carbocycles. The van der Waals surface area contributed by atoms with E-state index in [1.54, 1.807) is 28.8 Å². The van der Waals surface area contributed by atoms with Crippen molar-refractivity contribution >= 4 is 29.5 Å². The number of fused-ring (bicyclic) bond motifs is 1. The summed E-state index contributed by atoms with van der Waals surface area (Å²) in [4.78, 5) is 49.8. The number of carbonyl (C=O) groups is 3. The number of aliphatic hydroxyl groups excluding tert-OH is 1. The Kier molecular flexibility index (Phi) is 9.48. The molecule has 4 aliphatic rings. The lowest BCUT2D eigenvalue weighted by atomic mass is 9.66. The highest BCUT2D eigenvalue weighted by atomic mass is 32.2. The maximum Gasteiger partial charge on any atom is 0.247 e. The molecule has 7 nitrogen and oxygen atoms in total. The van der Waals surface area contributed by atoms with Crippen molar-refractivity contribution in [1.29, 1.82) is 0 Å². The predicted octanol–water partition coefficient (Wildman–Crippen LogP) is 5.05. The smallest absolute Gasteiger partial charge is 0.247 e. The third kappa shape index (κ3) is 5.47. The summed E-state index contributed by atoms with van der Waals surface area (Å²) < 4.78 is -1.18. The van der Waals surface area contributed by atoms with Crippen LogP contribution in [0.25, 0.3) is 0 Å². The number of likely N-dealkylation sites (tertiary alicyclic amines) is 1. The topological polar surface area (TPSA) is 81.2 Å². The van der Waals surface area contributed by atoms with E-state index in [4.69, 9.17) is 0 Å². The molecule has 1 aromatic carbocycles. The van der Waals surface area contributed by atoms with E-state index < -0.39 is 33.4 Å². The van der Waals surface area contributed by atoms with Crippen molar-refractivity contribution in [1.82, 2.24) is 14.7 Å². The Morgan fingerprint density at radius 1 is 1.07 bits per heavy atom. The molecule has 2 unspecified atom stereocenters. The van der Waals surface area contributed by atoms with E-state index in [9.17, 15) is 19.5 Å². The van der Waals surface area contributed by atoms with Gasteiger partial charge in [-0.05, 0) is 44.1 Å². The first-order valence-electron chi connectivity index (χ1n) is 16.1. The van der Waals surface area contributed by atoms with Gasteiger partial charge in [0.25, 0.3) is 0 Å². The molecule has 2 bridgehead atoms. The Labute approximate surface area is 261 Å². The summed E-state index contributed by atoms with van der Waals surface area (Å²) in [6.45, 7) is 15.0. The fourth-order valence-electron chi connectivity index (χ4n) is 8.49. The Bertz CT molecular complexity index is 1220. The zero-order chi connectivity index (χ0) is 30.9. The molecule has 1 aromatic rings. The summed E-state index contributed by atoms with van der Waals surface area (Å²) >= 11 is 1.70. The van der Waals surface area contributed by atoms with Crippen molar-refractivity contribution in [3.8, 4) is 0 Å². The molecule has 0 radical (unpaired) electrons. The quantitative estimate of drug-likeness (QED) is 0.337. The zero-order valence-corrected chi connectivity index (χ0v) is 26.9. The van der Waals surface area contributed by atoms with E-state index in [1.807, 2.05) is 54.0 Å². The summed E-state index contributed by atoms with van der Waals surface area (Å²) in [7, 11) is 0. The van der Waals surface area contributed by atoms with Crippen molar-refractivity contribution in [2.24, 2.45) is 17.8 Å². The van der Waals surface area contributed by atoms with E-state index in [-0.39, 0.29) is 36.3 Å². The largest absolute Gasteiger partial charge is 0.394 e. The third-order valence-corrected chi connectivity index (χ3v) is 12.5. The number of aliphatic hydroxyl groups is 1. The highest BCUT2D eigenvalue weighted by Gasteiger charge is 2.78. The van der Waals surface area contributed by atoms with Gasteiger partial charge >= 0.3 is 0 Å². The van der Waals surface area contributed by atoms with Gasteiger partial charge in [0, 0.05) is 30.4 Å². The lowest BCUT2D eigenvalue weighted by Gasteiger charge is -2.43. The second-order valence-electron chi connectivity index (χ2n) is 13.5. The first kappa shape index (κ1) is 31.8. The van der Waals surface area contributed by atoms with E-state index in [2.05, 4.69) is 20.1 Å². The number of nitrogens with zero attached hydrogens (tertiary/aromatic N) is 3. The molecule has 1 spiro atoms. The van der Waals surface area contributed by atoms with E-state index in [1.165, 1.54) is 6.42 Å². The molecule has 234 valence electrons. The first-order chi connectivity index (χ1) is 20.6. The maximum absolute atomic E-state index is 14.9. The van der Waals surface area contributed by atoms with Gasteiger partial charge in [0.15, 0.2) is 0 Å². The molecule has 1 N–H and O–H groups in total. The Hall–Kier alpha value is -2.58. The monoisotopic (exact) mass is 607 g/mol. The SMILES string of the molecule is C=CCN(Cc1ccccc1)C(=O)[C@@H]1[C@H]2C(=O)N([C@@H](CO)C(C)C)C(C(=O)N(CC=C)C3CCCCC3)C23CC[C@@]1(C)S3. The predicted molar refractivity (Wildman–Crippen MR) is 172 cm³/mol. The molecule has 3 amide bonds. The minimum atomic E-state index is -0.724. The summed E-state index contributed by atoms with van der Waals surface area (Å²) in [6.07, 6.45) is 10.2. The Morgan fingerprint density at radius 3 is 2.35 bits per heavy atom. The van der Waals surface area contributed by atoms with Crippen LogP contribution in [0.2, 0.25) is 0 Å². The number of benzene rings is 1. The van der Waals surface area contributed by atoms with Crippen LogP contribution in [-0.4, -0.2) is 84.8 Å². The van der Waals surface area contributed by atoms with Gasteiger partial charge in [0.05, 0.1) is 29.2 Å². The van der Waals surface area contributed by atoms with Gasteiger partial charge in [0.2, 0.25) is 17.7 Å².